The molecule has 0 aromatic carbocycles. The number of rotatable bonds is 3. The van der Waals surface area contributed by atoms with Gasteiger partial charge in [-0.15, -0.1) is 24.5 Å². The van der Waals surface area contributed by atoms with Crippen molar-refractivity contribution in [1.82, 2.24) is 5.48 Å². The van der Waals surface area contributed by atoms with E-state index in [-0.39, 0.29) is 25.2 Å². The van der Waals surface area contributed by atoms with E-state index in [1.54, 1.807) is 19.3 Å². The van der Waals surface area contributed by atoms with Gasteiger partial charge in [0.25, 0.3) is 0 Å². The molecule has 12 heteroatoms. The van der Waals surface area contributed by atoms with Gasteiger partial charge in [-0.3, -0.25) is 4.79 Å². The van der Waals surface area contributed by atoms with Gasteiger partial charge in [-0.25, -0.2) is 9.59 Å². The lowest BCUT2D eigenvalue weighted by Crippen LogP contribution is -2.86. The fourth-order valence-electron chi connectivity index (χ4n) is 6.80. The van der Waals surface area contributed by atoms with E-state index < -0.39 is 69.7 Å². The van der Waals surface area contributed by atoms with Crippen LogP contribution in [-0.2, 0) is 23.9 Å². The molecule has 1 heterocycles. The van der Waals surface area contributed by atoms with E-state index in [0.717, 1.165) is 11.6 Å². The lowest BCUT2D eigenvalue weighted by Gasteiger charge is -2.71. The molecule has 1 amide bonds. The van der Waals surface area contributed by atoms with E-state index >= 15 is 0 Å². The third-order valence-corrected chi connectivity index (χ3v) is 8.52. The Morgan fingerprint density at radius 2 is 1.83 bits per heavy atom. The molecule has 2 saturated carbocycles. The summed E-state index contributed by atoms with van der Waals surface area (Å²) >= 11 is 5.30. The summed E-state index contributed by atoms with van der Waals surface area (Å²) in [5, 5.41) is 35.2. The minimum Gasteiger partial charge on any atom is -0.438 e. The molecule has 4 N–H and O–H groups in total. The second-order valence-corrected chi connectivity index (χ2v) is 11.2. The summed E-state index contributed by atoms with van der Waals surface area (Å²) in [6.07, 6.45) is -2.73. The van der Waals surface area contributed by atoms with E-state index in [1.807, 2.05) is 13.8 Å². The minimum absolute atomic E-state index is 0. The molecule has 0 bridgehead atoms. The number of aliphatic hydroxyl groups excluding tert-OH is 2. The van der Waals surface area contributed by atoms with Crippen molar-refractivity contribution in [3.63, 3.8) is 0 Å². The monoisotopic (exact) mass is 551 g/mol. The number of hydrogen-bond donors (Lipinski definition) is 4. The first-order valence-corrected chi connectivity index (χ1v) is 11.9. The Kier molecular flexibility index (Phi) is 8.38. The highest BCUT2D eigenvalue weighted by Gasteiger charge is 2.81. The van der Waals surface area contributed by atoms with E-state index in [1.165, 1.54) is 13.0 Å². The smallest absolute Gasteiger partial charge is 0.438 e. The zero-order valence-electron chi connectivity index (χ0n) is 20.9. The van der Waals surface area contributed by atoms with Gasteiger partial charge < -0.3 is 29.6 Å². The number of ether oxygens (including phenoxy) is 2. The van der Waals surface area contributed by atoms with Crippen LogP contribution in [0.1, 0.15) is 53.9 Å². The Labute approximate surface area is 221 Å². The summed E-state index contributed by atoms with van der Waals surface area (Å²) in [5.41, 5.74) is -5.16. The molecule has 3 rings (SSSR count). The number of aliphatic hydroxyl groups is 3. The number of amides is 1. The van der Waals surface area contributed by atoms with Crippen molar-refractivity contribution >= 4 is 41.9 Å². The van der Waals surface area contributed by atoms with E-state index in [4.69, 9.17) is 21.1 Å². The number of hydroxylamine groups is 1. The molecule has 204 valence electrons. The van der Waals surface area contributed by atoms with E-state index in [9.17, 15) is 29.7 Å². The van der Waals surface area contributed by atoms with Crippen molar-refractivity contribution in [2.24, 2.45) is 16.7 Å². The van der Waals surface area contributed by atoms with Crippen molar-refractivity contribution < 1.29 is 44.0 Å². The van der Waals surface area contributed by atoms with Crippen LogP contribution < -0.4 is 5.48 Å². The standard InChI is InChI=1S/C24H34ClNO9.ClH/c1-7-21(4)12-14(28)24(32)22(5)13(27)8-10-20(2,3)17(22)16(30)18(23(24,6)35-21)33-19(31)26-34-15(29)9-11-25;/h7,9,11,13,16-18,27,30,32H,1,8,10,12H2,2-6H3,(H,26,31);1H/b11-9+;/t13-,16-,17-,18-,21-,22-,23+,24-;/m0./s1. The summed E-state index contributed by atoms with van der Waals surface area (Å²) in [7, 11) is 0. The fourth-order valence-corrected chi connectivity index (χ4v) is 6.90. The highest BCUT2D eigenvalue weighted by Crippen LogP contribution is 2.67. The highest BCUT2D eigenvalue weighted by atomic mass is 35.5. The Hall–Kier alpha value is -1.69. The van der Waals surface area contributed by atoms with Crippen LogP contribution in [-0.4, -0.2) is 68.3 Å². The summed E-state index contributed by atoms with van der Waals surface area (Å²) in [5.74, 6) is -2.49. The zero-order valence-corrected chi connectivity index (χ0v) is 22.5. The van der Waals surface area contributed by atoms with Crippen LogP contribution in [0.15, 0.2) is 24.3 Å². The fraction of sp³-hybridized carbons (Fsp3) is 0.708. The molecule has 0 spiro atoms. The molecule has 1 saturated heterocycles. The Bertz CT molecular complexity index is 958. The molecule has 1 aliphatic heterocycles. The molecule has 8 atom stereocenters. The molecule has 0 radical (unpaired) electrons. The van der Waals surface area contributed by atoms with Crippen LogP contribution in [0.25, 0.3) is 0 Å². The summed E-state index contributed by atoms with van der Waals surface area (Å²) < 4.78 is 11.8. The number of halogens is 2. The van der Waals surface area contributed by atoms with Gasteiger partial charge in [-0.2, -0.15) is 0 Å². The van der Waals surface area contributed by atoms with Crippen molar-refractivity contribution in [2.45, 2.75) is 89.0 Å². The highest BCUT2D eigenvalue weighted by molar-refractivity contribution is 6.26. The maximum Gasteiger partial charge on any atom is 0.441 e. The van der Waals surface area contributed by atoms with Crippen LogP contribution in [0.5, 0.6) is 0 Å². The first-order valence-electron chi connectivity index (χ1n) is 11.4. The van der Waals surface area contributed by atoms with Crippen molar-refractivity contribution in [3.8, 4) is 0 Å². The number of fused-ring (bicyclic) bond motifs is 3. The molecule has 10 nitrogen and oxygen atoms in total. The average Bonchev–Trinajstić information content (AvgIpc) is 2.76. The molecular weight excluding hydrogens is 517 g/mol. The van der Waals surface area contributed by atoms with E-state index in [0.29, 0.717) is 6.42 Å². The maximum atomic E-state index is 13.8. The zero-order chi connectivity index (χ0) is 26.6. The molecule has 3 fully saturated rings. The number of nitrogens with one attached hydrogen (secondary N) is 1. The number of hydrogen-bond acceptors (Lipinski definition) is 9. The predicted octanol–water partition coefficient (Wildman–Crippen LogP) is 2.32. The van der Waals surface area contributed by atoms with Gasteiger partial charge in [-0.1, -0.05) is 38.4 Å². The molecular formula is C24H35Cl2NO9. The second kappa shape index (κ2) is 9.89. The SMILES string of the molecule is C=C[C@@]1(C)CC(=O)[C@]2(O)[C@@]3(C)[C@@H](O)CCC(C)(C)[C@@H]3[C@H](O)[C@H](OC(=O)NOC(=O)/C=C/Cl)[C@@]2(C)O1.Cl. The lowest BCUT2D eigenvalue weighted by molar-refractivity contribution is -0.369. The maximum absolute atomic E-state index is 13.8. The van der Waals surface area contributed by atoms with Crippen molar-refractivity contribution in [1.29, 1.82) is 0 Å². The lowest BCUT2D eigenvalue weighted by atomic mass is 9.40. The quantitative estimate of drug-likeness (QED) is 0.235. The topological polar surface area (TPSA) is 152 Å². The number of Topliss-reactive ketones (excluding diaryl/α,β-unsaturated/α-hetero) is 1. The number of carbonyl (C=O) groups is 3. The molecule has 0 aromatic heterocycles. The van der Waals surface area contributed by atoms with Crippen molar-refractivity contribution in [2.75, 3.05) is 0 Å². The summed E-state index contributed by atoms with van der Waals surface area (Å²) in [6.45, 7) is 12.0. The van der Waals surface area contributed by atoms with Gasteiger partial charge in [0.05, 0.1) is 17.8 Å². The second-order valence-electron chi connectivity index (χ2n) is 11.0. The minimum atomic E-state index is -2.35. The first-order chi connectivity index (χ1) is 16.0. The average molecular weight is 552 g/mol. The molecule has 0 unspecified atom stereocenters. The van der Waals surface area contributed by atoms with Crippen LogP contribution in [0.2, 0.25) is 0 Å². The Morgan fingerprint density at radius 3 is 2.39 bits per heavy atom. The van der Waals surface area contributed by atoms with Gasteiger partial charge >= 0.3 is 12.1 Å². The Balaban J connectivity index is 0.00000456. The van der Waals surface area contributed by atoms with Gasteiger partial charge in [0.1, 0.15) is 5.60 Å². The molecule has 36 heavy (non-hydrogen) atoms. The van der Waals surface area contributed by atoms with Crippen LogP contribution in [0, 0.1) is 16.7 Å². The summed E-state index contributed by atoms with van der Waals surface area (Å²) in [6, 6.07) is 0. The van der Waals surface area contributed by atoms with Gasteiger partial charge in [0, 0.05) is 29.4 Å². The summed E-state index contributed by atoms with van der Waals surface area (Å²) in [4.78, 5) is 42.4. The van der Waals surface area contributed by atoms with E-state index in [2.05, 4.69) is 11.4 Å². The molecule has 2 aliphatic carbocycles. The van der Waals surface area contributed by atoms with Crippen molar-refractivity contribution in [3.05, 3.63) is 24.3 Å². The van der Waals surface area contributed by atoms with Gasteiger partial charge in [-0.05, 0) is 32.1 Å². The van der Waals surface area contributed by atoms with Crippen LogP contribution in [0.4, 0.5) is 4.79 Å². The largest absolute Gasteiger partial charge is 0.441 e. The normalized spacial score (nSPS) is 43.4. The Morgan fingerprint density at radius 1 is 1.22 bits per heavy atom. The van der Waals surface area contributed by atoms with Gasteiger partial charge in [0.15, 0.2) is 17.5 Å². The number of ketones is 1. The third-order valence-electron chi connectivity index (χ3n) is 8.40. The predicted molar refractivity (Wildman–Crippen MR) is 131 cm³/mol. The number of carbonyl (C=O) groups excluding carboxylic acids is 3. The third kappa shape index (κ3) is 4.25. The van der Waals surface area contributed by atoms with Gasteiger partial charge in [0.2, 0.25) is 0 Å². The molecule has 0 aromatic rings. The first kappa shape index (κ1) is 30.5. The van der Waals surface area contributed by atoms with Crippen LogP contribution in [0.3, 0.4) is 0 Å². The molecule has 3 aliphatic rings. The van der Waals surface area contributed by atoms with Crippen LogP contribution >= 0.6 is 24.0 Å².